The van der Waals surface area contributed by atoms with Crippen molar-refractivity contribution in [3.05, 3.63) is 59.7 Å². The summed E-state index contributed by atoms with van der Waals surface area (Å²) in [5.74, 6) is 0. The molecule has 1 atom stereocenters. The largest absolute Gasteiger partial charge is 0.376 e. The molecule has 0 saturated carbocycles. The standard InChI is InChI=1S/C21H28O8S2/c1-17-4-8-20(9-5-17)30(22,23)28-14-12-26-16-19(3)27-13-15-29-31(24,25)21-10-6-18(2)7-11-21/h4-11,19H,12-16H2,1-3H3. The van der Waals surface area contributed by atoms with Gasteiger partial charge in [-0.15, -0.1) is 0 Å². The third-order valence-corrected chi connectivity index (χ3v) is 6.82. The second kappa shape index (κ2) is 11.7. The van der Waals surface area contributed by atoms with Gasteiger partial charge in [-0.05, 0) is 45.0 Å². The van der Waals surface area contributed by atoms with Gasteiger partial charge in [-0.25, -0.2) is 0 Å². The highest BCUT2D eigenvalue weighted by Gasteiger charge is 2.16. The van der Waals surface area contributed by atoms with Crippen molar-refractivity contribution in [3.63, 3.8) is 0 Å². The highest BCUT2D eigenvalue weighted by molar-refractivity contribution is 7.87. The number of hydrogen-bond donors (Lipinski definition) is 0. The van der Waals surface area contributed by atoms with Crippen molar-refractivity contribution in [2.75, 3.05) is 33.0 Å². The fourth-order valence-corrected chi connectivity index (χ4v) is 4.22. The van der Waals surface area contributed by atoms with Crippen molar-refractivity contribution in [1.82, 2.24) is 0 Å². The summed E-state index contributed by atoms with van der Waals surface area (Å²) in [6.07, 6.45) is -0.334. The molecule has 10 heteroatoms. The fraction of sp³-hybridized carbons (Fsp3) is 0.429. The summed E-state index contributed by atoms with van der Waals surface area (Å²) < 4.78 is 68.9. The van der Waals surface area contributed by atoms with Crippen molar-refractivity contribution in [1.29, 1.82) is 0 Å². The highest BCUT2D eigenvalue weighted by Crippen LogP contribution is 2.14. The second-order valence-electron chi connectivity index (χ2n) is 6.93. The molecule has 0 fully saturated rings. The quantitative estimate of drug-likeness (QED) is 0.324. The first kappa shape index (κ1) is 25.4. The Morgan fingerprint density at radius 1 is 0.677 bits per heavy atom. The van der Waals surface area contributed by atoms with Crippen LogP contribution in [-0.2, 0) is 38.1 Å². The predicted octanol–water partition coefficient (Wildman–Crippen LogP) is 2.84. The van der Waals surface area contributed by atoms with Crippen LogP contribution in [0, 0.1) is 13.8 Å². The van der Waals surface area contributed by atoms with Gasteiger partial charge in [0.25, 0.3) is 20.2 Å². The molecular formula is C21H28O8S2. The molecule has 8 nitrogen and oxygen atoms in total. The number of ether oxygens (including phenoxy) is 2. The lowest BCUT2D eigenvalue weighted by molar-refractivity contribution is -0.0200. The average Bonchev–Trinajstić information content (AvgIpc) is 2.71. The molecule has 0 aromatic heterocycles. The fourth-order valence-electron chi connectivity index (χ4n) is 2.44. The minimum atomic E-state index is -3.82. The van der Waals surface area contributed by atoms with E-state index >= 15 is 0 Å². The van der Waals surface area contributed by atoms with E-state index in [1.807, 2.05) is 13.8 Å². The normalized spacial score (nSPS) is 13.3. The zero-order chi connectivity index (χ0) is 22.9. The van der Waals surface area contributed by atoms with Crippen LogP contribution in [0.15, 0.2) is 58.3 Å². The molecule has 0 radical (unpaired) electrons. The van der Waals surface area contributed by atoms with E-state index in [0.717, 1.165) is 11.1 Å². The van der Waals surface area contributed by atoms with Crippen LogP contribution in [0.1, 0.15) is 18.1 Å². The van der Waals surface area contributed by atoms with E-state index in [4.69, 9.17) is 17.8 Å². The SMILES string of the molecule is Cc1ccc(S(=O)(=O)OCCOCC(C)OCCOS(=O)(=O)c2ccc(C)cc2)cc1. The molecule has 0 aliphatic carbocycles. The number of rotatable bonds is 13. The Balaban J connectivity index is 1.60. The maximum Gasteiger partial charge on any atom is 0.297 e. The van der Waals surface area contributed by atoms with Gasteiger partial charge in [-0.3, -0.25) is 8.37 Å². The molecule has 2 aromatic rings. The minimum Gasteiger partial charge on any atom is -0.376 e. The van der Waals surface area contributed by atoms with Crippen molar-refractivity contribution in [2.24, 2.45) is 0 Å². The molecule has 0 N–H and O–H groups in total. The average molecular weight is 473 g/mol. The molecule has 0 amide bonds. The zero-order valence-electron chi connectivity index (χ0n) is 17.8. The zero-order valence-corrected chi connectivity index (χ0v) is 19.4. The van der Waals surface area contributed by atoms with Crippen LogP contribution in [-0.4, -0.2) is 56.0 Å². The lowest BCUT2D eigenvalue weighted by Gasteiger charge is -2.14. The van der Waals surface area contributed by atoms with E-state index < -0.39 is 20.2 Å². The molecular weight excluding hydrogens is 444 g/mol. The summed E-state index contributed by atoms with van der Waals surface area (Å²) in [5.41, 5.74) is 1.91. The van der Waals surface area contributed by atoms with Crippen LogP contribution in [0.4, 0.5) is 0 Å². The summed E-state index contributed by atoms with van der Waals surface area (Å²) in [7, 11) is -7.64. The van der Waals surface area contributed by atoms with Crippen LogP contribution in [0.5, 0.6) is 0 Å². The second-order valence-corrected chi connectivity index (χ2v) is 10.2. The van der Waals surface area contributed by atoms with Gasteiger partial charge >= 0.3 is 0 Å². The van der Waals surface area contributed by atoms with Gasteiger partial charge in [-0.1, -0.05) is 35.4 Å². The third-order valence-electron chi connectivity index (χ3n) is 4.16. The first-order valence-electron chi connectivity index (χ1n) is 9.72. The molecule has 0 bridgehead atoms. The highest BCUT2D eigenvalue weighted by atomic mass is 32.2. The molecule has 2 rings (SSSR count). The summed E-state index contributed by atoms with van der Waals surface area (Å²) in [5, 5.41) is 0. The summed E-state index contributed by atoms with van der Waals surface area (Å²) in [6, 6.07) is 12.7. The van der Waals surface area contributed by atoms with Crippen molar-refractivity contribution in [2.45, 2.75) is 36.7 Å². The van der Waals surface area contributed by atoms with E-state index in [-0.39, 0.29) is 48.9 Å². The van der Waals surface area contributed by atoms with E-state index in [1.54, 1.807) is 31.2 Å². The van der Waals surface area contributed by atoms with Gasteiger partial charge in [0.15, 0.2) is 0 Å². The topological polar surface area (TPSA) is 105 Å². The van der Waals surface area contributed by atoms with E-state index in [1.165, 1.54) is 24.3 Å². The Kier molecular flexibility index (Phi) is 9.60. The Hall–Kier alpha value is -1.82. The lowest BCUT2D eigenvalue weighted by Crippen LogP contribution is -2.21. The summed E-state index contributed by atoms with van der Waals surface area (Å²) in [4.78, 5) is 0.186. The van der Waals surface area contributed by atoms with Crippen LogP contribution >= 0.6 is 0 Å². The van der Waals surface area contributed by atoms with Crippen LogP contribution in [0.25, 0.3) is 0 Å². The molecule has 0 aliphatic rings. The van der Waals surface area contributed by atoms with E-state index in [9.17, 15) is 16.8 Å². The lowest BCUT2D eigenvalue weighted by atomic mass is 10.2. The van der Waals surface area contributed by atoms with Gasteiger partial charge in [-0.2, -0.15) is 16.8 Å². The Morgan fingerprint density at radius 2 is 1.10 bits per heavy atom. The Bertz CT molecular complexity index is 1010. The van der Waals surface area contributed by atoms with Gasteiger partial charge < -0.3 is 9.47 Å². The molecule has 31 heavy (non-hydrogen) atoms. The molecule has 0 aliphatic heterocycles. The van der Waals surface area contributed by atoms with Gasteiger partial charge in [0, 0.05) is 0 Å². The maximum atomic E-state index is 12.1. The monoisotopic (exact) mass is 472 g/mol. The summed E-state index contributed by atoms with van der Waals surface area (Å²) >= 11 is 0. The van der Waals surface area contributed by atoms with E-state index in [2.05, 4.69) is 0 Å². The predicted molar refractivity (Wildman–Crippen MR) is 115 cm³/mol. The van der Waals surface area contributed by atoms with E-state index in [0.29, 0.717) is 0 Å². The van der Waals surface area contributed by atoms with Gasteiger partial charge in [0.2, 0.25) is 0 Å². The molecule has 0 saturated heterocycles. The maximum absolute atomic E-state index is 12.1. The summed E-state index contributed by atoms with van der Waals surface area (Å²) in [6.45, 7) is 5.55. The van der Waals surface area contributed by atoms with Crippen LogP contribution in [0.3, 0.4) is 0 Å². The van der Waals surface area contributed by atoms with Crippen LogP contribution in [0.2, 0.25) is 0 Å². The molecule has 172 valence electrons. The first-order chi connectivity index (χ1) is 14.6. The number of hydrogen-bond acceptors (Lipinski definition) is 8. The molecule has 0 spiro atoms. The molecule has 0 heterocycles. The first-order valence-corrected chi connectivity index (χ1v) is 12.5. The van der Waals surface area contributed by atoms with Crippen molar-refractivity contribution < 1.29 is 34.7 Å². The number of aryl methyl sites for hydroxylation is 2. The third kappa shape index (κ3) is 8.68. The Labute approximate surface area is 184 Å². The van der Waals surface area contributed by atoms with Gasteiger partial charge in [0.05, 0.1) is 48.9 Å². The Morgan fingerprint density at radius 3 is 1.55 bits per heavy atom. The number of benzene rings is 2. The molecule has 1 unspecified atom stereocenters. The van der Waals surface area contributed by atoms with Crippen LogP contribution < -0.4 is 0 Å². The van der Waals surface area contributed by atoms with Crippen molar-refractivity contribution >= 4 is 20.2 Å². The molecule has 2 aromatic carbocycles. The smallest absolute Gasteiger partial charge is 0.297 e. The van der Waals surface area contributed by atoms with Gasteiger partial charge in [0.1, 0.15) is 0 Å². The minimum absolute atomic E-state index is 0.0634. The van der Waals surface area contributed by atoms with Crippen molar-refractivity contribution in [3.8, 4) is 0 Å².